The summed E-state index contributed by atoms with van der Waals surface area (Å²) in [5.41, 5.74) is 0.503. The highest BCUT2D eigenvalue weighted by Gasteiger charge is 2.28. The number of hydrogen-bond donors (Lipinski definition) is 0. The Labute approximate surface area is 197 Å². The van der Waals surface area contributed by atoms with Gasteiger partial charge >= 0.3 is 0 Å². The lowest BCUT2D eigenvalue weighted by Crippen LogP contribution is -2.32. The molecule has 0 bridgehead atoms. The summed E-state index contributed by atoms with van der Waals surface area (Å²) in [5.74, 6) is -0.781. The maximum atomic E-state index is 14.3. The standard InChI is InChI=1S/C24H24ClF2NO4S/c1-4-12-28(33(29,30)18-9-11-23(31-2)24(15-18)32-3)22-10-8-17(25)13-16(22)14-19-20(26)6-5-7-21(19)27/h5-11,13,15H,4,12,14H2,1-3H3. The van der Waals surface area contributed by atoms with Gasteiger partial charge in [-0.15, -0.1) is 0 Å². The predicted molar refractivity (Wildman–Crippen MR) is 125 cm³/mol. The molecular formula is C24H24ClF2NO4S. The molecule has 0 aliphatic heterocycles. The molecule has 0 unspecified atom stereocenters. The van der Waals surface area contributed by atoms with Gasteiger partial charge in [-0.2, -0.15) is 0 Å². The topological polar surface area (TPSA) is 55.8 Å². The molecule has 3 aromatic carbocycles. The Hall–Kier alpha value is -2.84. The summed E-state index contributed by atoms with van der Waals surface area (Å²) in [7, 11) is -1.18. The molecule has 0 N–H and O–H groups in total. The molecule has 3 rings (SSSR count). The Balaban J connectivity index is 2.14. The fourth-order valence-electron chi connectivity index (χ4n) is 3.51. The van der Waals surface area contributed by atoms with Gasteiger partial charge in [-0.25, -0.2) is 17.2 Å². The van der Waals surface area contributed by atoms with Crippen molar-refractivity contribution in [2.45, 2.75) is 24.7 Å². The quantitative estimate of drug-likeness (QED) is 0.374. The van der Waals surface area contributed by atoms with Crippen LogP contribution in [0.3, 0.4) is 0 Å². The molecule has 0 heterocycles. The molecule has 0 fully saturated rings. The van der Waals surface area contributed by atoms with E-state index in [0.29, 0.717) is 28.4 Å². The normalized spacial score (nSPS) is 11.3. The van der Waals surface area contributed by atoms with Crippen molar-refractivity contribution in [1.82, 2.24) is 0 Å². The molecule has 0 spiro atoms. The molecule has 176 valence electrons. The summed E-state index contributed by atoms with van der Waals surface area (Å²) >= 11 is 6.16. The first-order valence-corrected chi connectivity index (χ1v) is 12.0. The molecule has 0 saturated carbocycles. The van der Waals surface area contributed by atoms with Crippen LogP contribution in [-0.2, 0) is 16.4 Å². The number of benzene rings is 3. The van der Waals surface area contributed by atoms with Crippen molar-refractivity contribution in [1.29, 1.82) is 0 Å². The third kappa shape index (κ3) is 5.23. The van der Waals surface area contributed by atoms with E-state index in [-0.39, 0.29) is 29.2 Å². The van der Waals surface area contributed by atoms with E-state index >= 15 is 0 Å². The lowest BCUT2D eigenvalue weighted by molar-refractivity contribution is 0.354. The molecule has 0 aliphatic rings. The van der Waals surface area contributed by atoms with Crippen molar-refractivity contribution in [2.24, 2.45) is 0 Å². The first-order valence-electron chi connectivity index (χ1n) is 10.2. The number of rotatable bonds is 9. The van der Waals surface area contributed by atoms with Gasteiger partial charge in [0.25, 0.3) is 10.0 Å². The first kappa shape index (κ1) is 24.8. The zero-order valence-electron chi connectivity index (χ0n) is 18.4. The Bertz CT molecular complexity index is 1230. The van der Waals surface area contributed by atoms with Crippen LogP contribution in [0.4, 0.5) is 14.5 Å². The molecule has 33 heavy (non-hydrogen) atoms. The molecule has 0 aliphatic carbocycles. The molecule has 0 atom stereocenters. The third-order valence-electron chi connectivity index (χ3n) is 5.11. The first-order chi connectivity index (χ1) is 15.7. The van der Waals surface area contributed by atoms with Crippen molar-refractivity contribution in [3.05, 3.63) is 82.4 Å². The predicted octanol–water partition coefficient (Wildman–Crippen LogP) is 5.83. The van der Waals surface area contributed by atoms with E-state index in [4.69, 9.17) is 21.1 Å². The van der Waals surface area contributed by atoms with Crippen LogP contribution in [0.1, 0.15) is 24.5 Å². The molecule has 0 radical (unpaired) electrons. The van der Waals surface area contributed by atoms with Crippen LogP contribution in [-0.4, -0.2) is 29.2 Å². The molecule has 0 amide bonds. The Morgan fingerprint density at radius 2 is 1.61 bits per heavy atom. The van der Waals surface area contributed by atoms with E-state index < -0.39 is 21.7 Å². The summed E-state index contributed by atoms with van der Waals surface area (Å²) in [6, 6.07) is 12.5. The Morgan fingerprint density at radius 1 is 0.939 bits per heavy atom. The van der Waals surface area contributed by atoms with Gasteiger partial charge in [0.2, 0.25) is 0 Å². The van der Waals surface area contributed by atoms with Crippen molar-refractivity contribution in [3.8, 4) is 11.5 Å². The number of methoxy groups -OCH3 is 2. The highest BCUT2D eigenvalue weighted by molar-refractivity contribution is 7.92. The molecule has 0 aromatic heterocycles. The third-order valence-corrected chi connectivity index (χ3v) is 7.15. The second-order valence-electron chi connectivity index (χ2n) is 7.24. The highest BCUT2D eigenvalue weighted by atomic mass is 35.5. The maximum Gasteiger partial charge on any atom is 0.264 e. The molecule has 5 nitrogen and oxygen atoms in total. The summed E-state index contributed by atoms with van der Waals surface area (Å²) < 4.78 is 67.7. The monoisotopic (exact) mass is 495 g/mol. The number of ether oxygens (including phenoxy) is 2. The Kier molecular flexibility index (Phi) is 7.81. The van der Waals surface area contributed by atoms with Crippen molar-refractivity contribution in [2.75, 3.05) is 25.1 Å². The minimum absolute atomic E-state index is 0.00780. The van der Waals surface area contributed by atoms with E-state index in [1.807, 2.05) is 6.92 Å². The van der Waals surface area contributed by atoms with Crippen LogP contribution in [0.15, 0.2) is 59.5 Å². The van der Waals surface area contributed by atoms with E-state index in [2.05, 4.69) is 0 Å². The molecule has 9 heteroatoms. The summed E-state index contributed by atoms with van der Waals surface area (Å²) in [6.07, 6.45) is 0.332. The number of sulfonamides is 1. The van der Waals surface area contributed by atoms with Crippen LogP contribution in [0.5, 0.6) is 11.5 Å². The van der Waals surface area contributed by atoms with Crippen LogP contribution < -0.4 is 13.8 Å². The average Bonchev–Trinajstić information content (AvgIpc) is 2.79. The van der Waals surface area contributed by atoms with Crippen molar-refractivity contribution < 1.29 is 26.7 Å². The minimum atomic E-state index is -4.05. The van der Waals surface area contributed by atoms with Gasteiger partial charge in [-0.1, -0.05) is 24.6 Å². The van der Waals surface area contributed by atoms with E-state index in [1.165, 1.54) is 48.9 Å². The average molecular weight is 496 g/mol. The second-order valence-corrected chi connectivity index (χ2v) is 9.54. The number of halogens is 3. The summed E-state index contributed by atoms with van der Waals surface area (Å²) in [5, 5.41) is 0.325. The smallest absolute Gasteiger partial charge is 0.264 e. The van der Waals surface area contributed by atoms with E-state index in [9.17, 15) is 17.2 Å². The van der Waals surface area contributed by atoms with Gasteiger partial charge in [0.1, 0.15) is 11.6 Å². The summed E-state index contributed by atoms with van der Waals surface area (Å²) in [6.45, 7) is 1.98. The maximum absolute atomic E-state index is 14.3. The number of nitrogens with zero attached hydrogens (tertiary/aromatic N) is 1. The zero-order valence-corrected chi connectivity index (χ0v) is 20.0. The van der Waals surface area contributed by atoms with Gasteiger partial charge in [0, 0.05) is 29.6 Å². The van der Waals surface area contributed by atoms with Gasteiger partial charge in [-0.3, -0.25) is 4.31 Å². The van der Waals surface area contributed by atoms with Crippen LogP contribution in [0.2, 0.25) is 5.02 Å². The number of anilines is 1. The SMILES string of the molecule is CCCN(c1ccc(Cl)cc1Cc1c(F)cccc1F)S(=O)(=O)c1ccc(OC)c(OC)c1. The van der Waals surface area contributed by atoms with E-state index in [0.717, 1.165) is 12.1 Å². The molecular weight excluding hydrogens is 472 g/mol. The molecule has 3 aromatic rings. The minimum Gasteiger partial charge on any atom is -0.493 e. The van der Waals surface area contributed by atoms with Crippen LogP contribution in [0.25, 0.3) is 0 Å². The van der Waals surface area contributed by atoms with Crippen molar-refractivity contribution in [3.63, 3.8) is 0 Å². The zero-order chi connectivity index (χ0) is 24.2. The van der Waals surface area contributed by atoms with Crippen LogP contribution in [0, 0.1) is 11.6 Å². The van der Waals surface area contributed by atoms with Gasteiger partial charge in [-0.05, 0) is 54.4 Å². The van der Waals surface area contributed by atoms with Gasteiger partial charge < -0.3 is 9.47 Å². The molecule has 0 saturated heterocycles. The summed E-state index contributed by atoms with van der Waals surface area (Å²) in [4.78, 5) is -0.00780. The largest absolute Gasteiger partial charge is 0.493 e. The fourth-order valence-corrected chi connectivity index (χ4v) is 5.31. The van der Waals surface area contributed by atoms with Crippen molar-refractivity contribution >= 4 is 27.3 Å². The lowest BCUT2D eigenvalue weighted by Gasteiger charge is -2.27. The van der Waals surface area contributed by atoms with Crippen LogP contribution >= 0.6 is 11.6 Å². The van der Waals surface area contributed by atoms with Gasteiger partial charge in [0.15, 0.2) is 11.5 Å². The highest BCUT2D eigenvalue weighted by Crippen LogP contribution is 2.35. The van der Waals surface area contributed by atoms with E-state index in [1.54, 1.807) is 12.1 Å². The fraction of sp³-hybridized carbons (Fsp3) is 0.250. The second kappa shape index (κ2) is 10.4. The van der Waals surface area contributed by atoms with Gasteiger partial charge in [0.05, 0.1) is 24.8 Å². The lowest BCUT2D eigenvalue weighted by atomic mass is 10.0. The Morgan fingerprint density at radius 3 is 2.21 bits per heavy atom. The number of hydrogen-bond acceptors (Lipinski definition) is 4.